The standard InChI is InChI=1S/C22H25N3O8S/c1-13(24-21-15-7-5-6-8-19(15)34(28,29)25-21)22(27)33-12-20(26)23-11-14-9-17(31-3)18(32-4)10-16(14)30-2/h5-10,13H,11-12H2,1-4H3,(H,23,26)(H,24,25)/t13-/m0/s1. The highest BCUT2D eigenvalue weighted by Crippen LogP contribution is 2.34. The summed E-state index contributed by atoms with van der Waals surface area (Å²) < 4.78 is 47.5. The Kier molecular flexibility index (Phi) is 7.61. The van der Waals surface area contributed by atoms with Crippen LogP contribution in [0.1, 0.15) is 18.1 Å². The van der Waals surface area contributed by atoms with Crippen LogP contribution >= 0.6 is 0 Å². The third-order valence-corrected chi connectivity index (χ3v) is 6.33. The first-order valence-corrected chi connectivity index (χ1v) is 11.6. The zero-order valence-corrected chi connectivity index (χ0v) is 19.9. The third-order valence-electron chi connectivity index (χ3n) is 4.93. The van der Waals surface area contributed by atoms with E-state index in [0.29, 0.717) is 28.4 Å². The fourth-order valence-corrected chi connectivity index (χ4v) is 4.45. The van der Waals surface area contributed by atoms with Gasteiger partial charge in [-0.1, -0.05) is 12.1 Å². The molecule has 2 aromatic rings. The van der Waals surface area contributed by atoms with Crippen molar-refractivity contribution in [1.29, 1.82) is 0 Å². The van der Waals surface area contributed by atoms with Crippen molar-refractivity contribution < 1.29 is 37.0 Å². The van der Waals surface area contributed by atoms with Crippen LogP contribution in [-0.2, 0) is 30.9 Å². The number of nitrogens with one attached hydrogen (secondary N) is 2. The molecule has 0 spiro atoms. The zero-order valence-electron chi connectivity index (χ0n) is 19.1. The second-order valence-electron chi connectivity index (χ2n) is 7.16. The van der Waals surface area contributed by atoms with Crippen LogP contribution in [0.5, 0.6) is 17.2 Å². The first kappa shape index (κ1) is 24.8. The number of nitrogens with zero attached hydrogens (tertiary/aromatic N) is 1. The molecule has 34 heavy (non-hydrogen) atoms. The SMILES string of the molecule is COc1cc(OC)c(OC)cc1CNC(=O)COC(=O)[C@H](C)N=C1NS(=O)(=O)c2ccccc21. The minimum Gasteiger partial charge on any atom is -0.496 e. The number of amides is 1. The van der Waals surface area contributed by atoms with E-state index in [2.05, 4.69) is 15.0 Å². The maximum absolute atomic E-state index is 12.3. The number of aliphatic imine (C=N–C) groups is 1. The van der Waals surface area contributed by atoms with Crippen molar-refractivity contribution in [1.82, 2.24) is 10.0 Å². The quantitative estimate of drug-likeness (QED) is 0.495. The summed E-state index contributed by atoms with van der Waals surface area (Å²) in [5.74, 6) is 0.151. The number of benzene rings is 2. The number of carbonyl (C=O) groups is 2. The molecule has 1 aliphatic heterocycles. The lowest BCUT2D eigenvalue weighted by molar-refractivity contribution is -0.149. The Balaban J connectivity index is 1.58. The molecule has 12 heteroatoms. The summed E-state index contributed by atoms with van der Waals surface area (Å²) in [5.41, 5.74) is 0.996. The van der Waals surface area contributed by atoms with Crippen LogP contribution in [0, 0.1) is 0 Å². The number of esters is 1. The second-order valence-corrected chi connectivity index (χ2v) is 8.81. The molecule has 0 aromatic heterocycles. The van der Waals surface area contributed by atoms with Crippen LogP contribution in [0.2, 0.25) is 0 Å². The van der Waals surface area contributed by atoms with E-state index in [1.165, 1.54) is 34.3 Å². The van der Waals surface area contributed by atoms with Crippen LogP contribution in [0.25, 0.3) is 0 Å². The average molecular weight is 492 g/mol. The molecule has 1 heterocycles. The molecule has 0 fully saturated rings. The third kappa shape index (κ3) is 5.39. The molecular weight excluding hydrogens is 466 g/mol. The van der Waals surface area contributed by atoms with Crippen molar-refractivity contribution in [3.05, 3.63) is 47.5 Å². The number of carbonyl (C=O) groups excluding carboxylic acids is 2. The number of fused-ring (bicyclic) bond motifs is 1. The largest absolute Gasteiger partial charge is 0.496 e. The number of rotatable bonds is 9. The minimum atomic E-state index is -3.72. The Morgan fingerprint density at radius 3 is 2.35 bits per heavy atom. The highest BCUT2D eigenvalue weighted by Gasteiger charge is 2.31. The molecular formula is C22H25N3O8S. The molecule has 182 valence electrons. The van der Waals surface area contributed by atoms with E-state index in [1.54, 1.807) is 30.3 Å². The van der Waals surface area contributed by atoms with Gasteiger partial charge < -0.3 is 24.3 Å². The topological polar surface area (TPSA) is 142 Å². The van der Waals surface area contributed by atoms with Crippen molar-refractivity contribution in [2.24, 2.45) is 4.99 Å². The maximum Gasteiger partial charge on any atom is 0.331 e. The zero-order chi connectivity index (χ0) is 24.9. The van der Waals surface area contributed by atoms with Gasteiger partial charge in [0.15, 0.2) is 18.1 Å². The van der Waals surface area contributed by atoms with Crippen LogP contribution < -0.4 is 24.2 Å². The molecule has 0 saturated heterocycles. The van der Waals surface area contributed by atoms with E-state index < -0.39 is 34.5 Å². The normalized spacial score (nSPS) is 15.6. The summed E-state index contributed by atoms with van der Waals surface area (Å²) in [4.78, 5) is 28.7. The Morgan fingerprint density at radius 1 is 1.03 bits per heavy atom. The molecule has 0 unspecified atom stereocenters. The summed E-state index contributed by atoms with van der Waals surface area (Å²) in [6.07, 6.45) is 0. The van der Waals surface area contributed by atoms with Gasteiger partial charge in [-0.3, -0.25) is 14.5 Å². The molecule has 1 aliphatic rings. The molecule has 2 N–H and O–H groups in total. The Morgan fingerprint density at radius 2 is 1.68 bits per heavy atom. The van der Waals surface area contributed by atoms with E-state index in [-0.39, 0.29) is 17.3 Å². The number of ether oxygens (including phenoxy) is 4. The van der Waals surface area contributed by atoms with Gasteiger partial charge in [0, 0.05) is 23.7 Å². The predicted molar refractivity (Wildman–Crippen MR) is 122 cm³/mol. The number of amidine groups is 1. The van der Waals surface area contributed by atoms with Gasteiger partial charge in [0.25, 0.3) is 15.9 Å². The molecule has 1 atom stereocenters. The van der Waals surface area contributed by atoms with Gasteiger partial charge in [-0.15, -0.1) is 0 Å². The molecule has 2 aromatic carbocycles. The van der Waals surface area contributed by atoms with Crippen molar-refractivity contribution in [3.8, 4) is 17.2 Å². The average Bonchev–Trinajstić information content (AvgIpc) is 3.10. The lowest BCUT2D eigenvalue weighted by Gasteiger charge is -2.15. The number of methoxy groups -OCH3 is 3. The lowest BCUT2D eigenvalue weighted by Crippen LogP contribution is -2.31. The highest BCUT2D eigenvalue weighted by molar-refractivity contribution is 7.90. The van der Waals surface area contributed by atoms with E-state index >= 15 is 0 Å². The molecule has 0 saturated carbocycles. The summed E-state index contributed by atoms with van der Waals surface area (Å²) in [7, 11) is 0.752. The van der Waals surface area contributed by atoms with E-state index in [0.717, 1.165) is 0 Å². The summed E-state index contributed by atoms with van der Waals surface area (Å²) in [6, 6.07) is 8.55. The second kappa shape index (κ2) is 10.4. The Bertz CT molecular complexity index is 1230. The van der Waals surface area contributed by atoms with E-state index in [4.69, 9.17) is 18.9 Å². The van der Waals surface area contributed by atoms with Crippen LogP contribution in [0.3, 0.4) is 0 Å². The Hall–Kier alpha value is -3.80. The fourth-order valence-electron chi connectivity index (χ4n) is 3.21. The smallest absolute Gasteiger partial charge is 0.331 e. The number of sulfonamides is 1. The van der Waals surface area contributed by atoms with Gasteiger partial charge in [0.1, 0.15) is 17.6 Å². The summed E-state index contributed by atoms with van der Waals surface area (Å²) in [6.45, 7) is 0.999. The van der Waals surface area contributed by atoms with E-state index in [1.807, 2.05) is 0 Å². The first-order chi connectivity index (χ1) is 16.2. The van der Waals surface area contributed by atoms with Gasteiger partial charge in [0.2, 0.25) is 0 Å². The molecule has 0 bridgehead atoms. The molecule has 3 rings (SSSR count). The van der Waals surface area contributed by atoms with E-state index in [9.17, 15) is 18.0 Å². The summed E-state index contributed by atoms with van der Waals surface area (Å²) >= 11 is 0. The predicted octanol–water partition coefficient (Wildman–Crippen LogP) is 0.999. The van der Waals surface area contributed by atoms with Crippen molar-refractivity contribution in [3.63, 3.8) is 0 Å². The monoisotopic (exact) mass is 491 g/mol. The lowest BCUT2D eigenvalue weighted by atomic mass is 10.1. The van der Waals surface area contributed by atoms with Gasteiger partial charge in [-0.25, -0.2) is 13.2 Å². The first-order valence-electron chi connectivity index (χ1n) is 10.1. The highest BCUT2D eigenvalue weighted by atomic mass is 32.2. The van der Waals surface area contributed by atoms with Gasteiger partial charge in [-0.05, 0) is 25.1 Å². The molecule has 1 amide bonds. The van der Waals surface area contributed by atoms with Gasteiger partial charge >= 0.3 is 5.97 Å². The van der Waals surface area contributed by atoms with Gasteiger partial charge in [0.05, 0.1) is 26.2 Å². The number of hydrogen-bond acceptors (Lipinski definition) is 9. The maximum atomic E-state index is 12.3. The molecule has 0 radical (unpaired) electrons. The molecule has 0 aliphatic carbocycles. The molecule has 11 nitrogen and oxygen atoms in total. The van der Waals surface area contributed by atoms with Crippen LogP contribution in [-0.4, -0.2) is 60.1 Å². The minimum absolute atomic E-state index is 0.0463. The van der Waals surface area contributed by atoms with Crippen LogP contribution in [0.15, 0.2) is 46.3 Å². The Labute approximate surface area is 197 Å². The van der Waals surface area contributed by atoms with Crippen molar-refractivity contribution >= 4 is 27.7 Å². The van der Waals surface area contributed by atoms with Crippen molar-refractivity contribution in [2.45, 2.75) is 24.4 Å². The summed E-state index contributed by atoms with van der Waals surface area (Å²) in [5, 5.41) is 2.63. The van der Waals surface area contributed by atoms with Crippen molar-refractivity contribution in [2.75, 3.05) is 27.9 Å². The fraction of sp³-hybridized carbons (Fsp3) is 0.318. The number of hydrogen-bond donors (Lipinski definition) is 2. The van der Waals surface area contributed by atoms with Crippen LogP contribution in [0.4, 0.5) is 0 Å². The van der Waals surface area contributed by atoms with Gasteiger partial charge in [-0.2, -0.15) is 0 Å².